The average molecular weight is 355 g/mol. The highest BCUT2D eigenvalue weighted by Gasteiger charge is 2.25. The van der Waals surface area contributed by atoms with E-state index in [1.165, 1.54) is 0 Å². The Hall–Kier alpha value is -1.95. The summed E-state index contributed by atoms with van der Waals surface area (Å²) in [6.45, 7) is 6.04. The van der Waals surface area contributed by atoms with Gasteiger partial charge in [0.2, 0.25) is 0 Å². The molecule has 1 aromatic carbocycles. The van der Waals surface area contributed by atoms with Gasteiger partial charge in [0.05, 0.1) is 5.88 Å². The topological polar surface area (TPSA) is 59.1 Å². The van der Waals surface area contributed by atoms with Gasteiger partial charge in [0.25, 0.3) is 5.91 Å². The highest BCUT2D eigenvalue weighted by atomic mass is 35.5. The first-order valence-electron chi connectivity index (χ1n) is 7.97. The molecule has 1 fully saturated rings. The summed E-state index contributed by atoms with van der Waals surface area (Å²) in [6.07, 6.45) is -0.380. The van der Waals surface area contributed by atoms with Crippen LogP contribution in [-0.2, 0) is 9.53 Å². The fourth-order valence-corrected chi connectivity index (χ4v) is 2.54. The number of halogens is 1. The van der Waals surface area contributed by atoms with Crippen LogP contribution in [0.3, 0.4) is 0 Å². The molecule has 1 heterocycles. The number of ether oxygens (including phenoxy) is 2. The third-order valence-corrected chi connectivity index (χ3v) is 4.25. The van der Waals surface area contributed by atoms with Crippen molar-refractivity contribution in [3.63, 3.8) is 0 Å². The van der Waals surface area contributed by atoms with Crippen molar-refractivity contribution in [2.24, 2.45) is 0 Å². The SMILES string of the molecule is Cc1cccc(OCC(=O)N2CCN(C(=O)OCCCl)CC2)c1C. The lowest BCUT2D eigenvalue weighted by molar-refractivity contribution is -0.134. The number of rotatable bonds is 5. The van der Waals surface area contributed by atoms with E-state index >= 15 is 0 Å². The molecule has 0 spiro atoms. The first-order chi connectivity index (χ1) is 11.5. The second kappa shape index (κ2) is 8.78. The minimum absolute atomic E-state index is 0.000980. The van der Waals surface area contributed by atoms with Gasteiger partial charge in [-0.05, 0) is 31.0 Å². The Labute approximate surface area is 147 Å². The van der Waals surface area contributed by atoms with E-state index in [1.54, 1.807) is 9.80 Å². The lowest BCUT2D eigenvalue weighted by Crippen LogP contribution is -2.51. The van der Waals surface area contributed by atoms with Crippen LogP contribution in [0.1, 0.15) is 11.1 Å². The predicted molar refractivity (Wildman–Crippen MR) is 91.6 cm³/mol. The Morgan fingerprint density at radius 2 is 1.79 bits per heavy atom. The molecule has 0 radical (unpaired) electrons. The molecule has 132 valence electrons. The number of hydrogen-bond donors (Lipinski definition) is 0. The van der Waals surface area contributed by atoms with E-state index in [2.05, 4.69) is 0 Å². The summed E-state index contributed by atoms with van der Waals surface area (Å²) in [4.78, 5) is 27.3. The van der Waals surface area contributed by atoms with Gasteiger partial charge in [-0.1, -0.05) is 12.1 Å². The van der Waals surface area contributed by atoms with Crippen LogP contribution in [-0.4, -0.2) is 67.1 Å². The molecular formula is C17H23ClN2O4. The van der Waals surface area contributed by atoms with Crippen molar-refractivity contribution in [2.45, 2.75) is 13.8 Å². The molecule has 0 aliphatic carbocycles. The van der Waals surface area contributed by atoms with Gasteiger partial charge in [-0.3, -0.25) is 4.79 Å². The van der Waals surface area contributed by atoms with Crippen molar-refractivity contribution in [3.05, 3.63) is 29.3 Å². The molecule has 0 aromatic heterocycles. The monoisotopic (exact) mass is 354 g/mol. The summed E-state index contributed by atoms with van der Waals surface area (Å²) < 4.78 is 10.6. The van der Waals surface area contributed by atoms with Gasteiger partial charge in [-0.15, -0.1) is 11.6 Å². The van der Waals surface area contributed by atoms with E-state index in [0.717, 1.165) is 16.9 Å². The number of carbonyl (C=O) groups is 2. The number of amides is 2. The van der Waals surface area contributed by atoms with Gasteiger partial charge in [-0.2, -0.15) is 0 Å². The minimum atomic E-state index is -0.380. The summed E-state index contributed by atoms with van der Waals surface area (Å²) in [5, 5.41) is 0. The molecule has 1 aliphatic rings. The molecule has 0 atom stereocenters. The maximum atomic E-state index is 12.3. The van der Waals surface area contributed by atoms with Gasteiger partial charge in [0.15, 0.2) is 6.61 Å². The van der Waals surface area contributed by atoms with Gasteiger partial charge in [0.1, 0.15) is 12.4 Å². The zero-order chi connectivity index (χ0) is 17.5. The lowest BCUT2D eigenvalue weighted by Gasteiger charge is -2.34. The number of alkyl halides is 1. The Kier molecular flexibility index (Phi) is 6.73. The summed E-state index contributed by atoms with van der Waals surface area (Å²) in [6, 6.07) is 5.78. The molecule has 24 heavy (non-hydrogen) atoms. The summed E-state index contributed by atoms with van der Waals surface area (Å²) in [5.74, 6) is 0.927. The maximum Gasteiger partial charge on any atom is 0.409 e. The molecular weight excluding hydrogens is 332 g/mol. The van der Waals surface area contributed by atoms with Crippen molar-refractivity contribution < 1.29 is 19.1 Å². The molecule has 0 bridgehead atoms. The second-order valence-electron chi connectivity index (χ2n) is 5.66. The van der Waals surface area contributed by atoms with Crippen LogP contribution >= 0.6 is 11.6 Å². The van der Waals surface area contributed by atoms with Crippen LogP contribution in [0.15, 0.2) is 18.2 Å². The smallest absolute Gasteiger partial charge is 0.409 e. The molecule has 2 amide bonds. The van der Waals surface area contributed by atoms with Crippen LogP contribution in [0, 0.1) is 13.8 Å². The number of nitrogens with zero attached hydrogens (tertiary/aromatic N) is 2. The molecule has 1 aliphatic heterocycles. The number of hydrogen-bond acceptors (Lipinski definition) is 4. The fraction of sp³-hybridized carbons (Fsp3) is 0.529. The molecule has 1 aromatic rings. The number of benzene rings is 1. The van der Waals surface area contributed by atoms with Crippen molar-refractivity contribution in [1.29, 1.82) is 0 Å². The molecule has 0 saturated carbocycles. The van der Waals surface area contributed by atoms with Crippen LogP contribution < -0.4 is 4.74 Å². The zero-order valence-corrected chi connectivity index (χ0v) is 14.8. The summed E-state index contributed by atoms with van der Waals surface area (Å²) in [7, 11) is 0. The first kappa shape index (κ1) is 18.4. The van der Waals surface area contributed by atoms with Gasteiger partial charge in [0, 0.05) is 26.2 Å². The van der Waals surface area contributed by atoms with E-state index in [9.17, 15) is 9.59 Å². The van der Waals surface area contributed by atoms with E-state index in [-0.39, 0.29) is 31.1 Å². The van der Waals surface area contributed by atoms with Crippen LogP contribution in [0.4, 0.5) is 4.79 Å². The largest absolute Gasteiger partial charge is 0.483 e. The molecule has 2 rings (SSSR count). The highest BCUT2D eigenvalue weighted by molar-refractivity contribution is 6.18. The molecule has 7 heteroatoms. The van der Waals surface area contributed by atoms with E-state index < -0.39 is 0 Å². The third kappa shape index (κ3) is 4.77. The maximum absolute atomic E-state index is 12.3. The summed E-state index contributed by atoms with van der Waals surface area (Å²) >= 11 is 5.49. The second-order valence-corrected chi connectivity index (χ2v) is 6.04. The minimum Gasteiger partial charge on any atom is -0.483 e. The normalized spacial score (nSPS) is 14.5. The van der Waals surface area contributed by atoms with Crippen LogP contribution in [0.2, 0.25) is 0 Å². The van der Waals surface area contributed by atoms with Gasteiger partial charge < -0.3 is 19.3 Å². The average Bonchev–Trinajstić information content (AvgIpc) is 2.60. The molecule has 0 unspecified atom stereocenters. The Morgan fingerprint density at radius 1 is 1.12 bits per heavy atom. The summed E-state index contributed by atoms with van der Waals surface area (Å²) in [5.41, 5.74) is 2.17. The quantitative estimate of drug-likeness (QED) is 0.761. The Bertz CT molecular complexity index is 586. The molecule has 0 N–H and O–H groups in total. The van der Waals surface area contributed by atoms with Gasteiger partial charge >= 0.3 is 6.09 Å². The Balaban J connectivity index is 1.78. The molecule has 6 nitrogen and oxygen atoms in total. The van der Waals surface area contributed by atoms with Crippen molar-refractivity contribution >= 4 is 23.6 Å². The van der Waals surface area contributed by atoms with E-state index in [0.29, 0.717) is 26.2 Å². The fourth-order valence-electron chi connectivity index (χ4n) is 2.47. The zero-order valence-electron chi connectivity index (χ0n) is 14.1. The van der Waals surface area contributed by atoms with Crippen molar-refractivity contribution in [3.8, 4) is 5.75 Å². The lowest BCUT2D eigenvalue weighted by atomic mass is 10.1. The number of piperazine rings is 1. The number of carbonyl (C=O) groups excluding carboxylic acids is 2. The van der Waals surface area contributed by atoms with E-state index in [1.807, 2.05) is 32.0 Å². The third-order valence-electron chi connectivity index (χ3n) is 4.10. The van der Waals surface area contributed by atoms with E-state index in [4.69, 9.17) is 21.1 Å². The molecule has 1 saturated heterocycles. The standard InChI is InChI=1S/C17H23ClN2O4/c1-13-4-3-5-15(14(13)2)24-12-16(21)19-7-9-20(10-8-19)17(22)23-11-6-18/h3-5H,6-12H2,1-2H3. The van der Waals surface area contributed by atoms with Crippen LogP contribution in [0.25, 0.3) is 0 Å². The van der Waals surface area contributed by atoms with Gasteiger partial charge in [-0.25, -0.2) is 4.79 Å². The highest BCUT2D eigenvalue weighted by Crippen LogP contribution is 2.20. The Morgan fingerprint density at radius 3 is 2.46 bits per heavy atom. The van der Waals surface area contributed by atoms with Crippen molar-refractivity contribution in [2.75, 3.05) is 45.3 Å². The first-order valence-corrected chi connectivity index (χ1v) is 8.51. The number of aryl methyl sites for hydroxylation is 1. The predicted octanol–water partition coefficient (Wildman–Crippen LogP) is 2.20. The van der Waals surface area contributed by atoms with Crippen LogP contribution in [0.5, 0.6) is 5.75 Å². The van der Waals surface area contributed by atoms with Crippen molar-refractivity contribution in [1.82, 2.24) is 9.80 Å².